The lowest BCUT2D eigenvalue weighted by Gasteiger charge is -2.34. The van der Waals surface area contributed by atoms with E-state index < -0.39 is 11.8 Å². The van der Waals surface area contributed by atoms with E-state index in [0.29, 0.717) is 26.2 Å². The van der Waals surface area contributed by atoms with E-state index in [1.54, 1.807) is 16.2 Å². The van der Waals surface area contributed by atoms with Crippen LogP contribution < -0.4 is 5.32 Å². The van der Waals surface area contributed by atoms with Gasteiger partial charge in [-0.3, -0.25) is 14.4 Å². The number of piperazine rings is 1. The summed E-state index contributed by atoms with van der Waals surface area (Å²) in [5.41, 5.74) is 1.16. The molecule has 1 saturated heterocycles. The number of thiophene rings is 1. The van der Waals surface area contributed by atoms with Gasteiger partial charge in [-0.1, -0.05) is 6.92 Å². The molecule has 2 heterocycles. The van der Waals surface area contributed by atoms with Crippen molar-refractivity contribution in [2.45, 2.75) is 40.2 Å². The molecular formula is C17H25N3O3S. The molecule has 0 radical (unpaired) electrons. The Morgan fingerprint density at radius 2 is 1.75 bits per heavy atom. The maximum atomic E-state index is 12.6. The Bertz CT molecular complexity index is 631. The van der Waals surface area contributed by atoms with E-state index >= 15 is 0 Å². The maximum absolute atomic E-state index is 12.6. The highest BCUT2D eigenvalue weighted by Gasteiger charge is 2.29. The van der Waals surface area contributed by atoms with E-state index in [9.17, 15) is 14.4 Å². The van der Waals surface area contributed by atoms with Gasteiger partial charge in [0.2, 0.25) is 0 Å². The van der Waals surface area contributed by atoms with E-state index in [2.05, 4.69) is 12.2 Å². The number of nitrogens with one attached hydrogen (secondary N) is 1. The summed E-state index contributed by atoms with van der Waals surface area (Å²) in [5, 5.41) is 2.61. The van der Waals surface area contributed by atoms with E-state index in [1.807, 2.05) is 26.8 Å². The summed E-state index contributed by atoms with van der Waals surface area (Å²) in [5.74, 6) is -1.08. The van der Waals surface area contributed by atoms with Crippen LogP contribution in [0.5, 0.6) is 0 Å². The van der Waals surface area contributed by atoms with Crippen molar-refractivity contribution in [2.75, 3.05) is 26.2 Å². The number of rotatable bonds is 3. The molecule has 132 valence electrons. The third-order valence-corrected chi connectivity index (χ3v) is 5.39. The minimum Gasteiger partial charge on any atom is -0.346 e. The quantitative estimate of drug-likeness (QED) is 0.838. The summed E-state index contributed by atoms with van der Waals surface area (Å²) < 4.78 is 0. The zero-order chi connectivity index (χ0) is 17.9. The van der Waals surface area contributed by atoms with Gasteiger partial charge < -0.3 is 15.1 Å². The minimum atomic E-state index is -0.578. The van der Waals surface area contributed by atoms with Crippen molar-refractivity contribution in [3.63, 3.8) is 0 Å². The number of hydrogen-bond donors (Lipinski definition) is 1. The molecule has 0 bridgehead atoms. The Kier molecular flexibility index (Phi) is 5.99. The monoisotopic (exact) mass is 351 g/mol. The lowest BCUT2D eigenvalue weighted by Crippen LogP contribution is -2.54. The van der Waals surface area contributed by atoms with Crippen LogP contribution in [0.2, 0.25) is 0 Å². The molecule has 0 aromatic carbocycles. The van der Waals surface area contributed by atoms with Gasteiger partial charge in [0.15, 0.2) is 0 Å². The zero-order valence-electron chi connectivity index (χ0n) is 14.7. The highest BCUT2D eigenvalue weighted by Crippen LogP contribution is 2.24. The Hall–Kier alpha value is -1.89. The zero-order valence-corrected chi connectivity index (χ0v) is 15.5. The second-order valence-corrected chi connectivity index (χ2v) is 7.42. The van der Waals surface area contributed by atoms with Crippen LogP contribution in [0.4, 0.5) is 0 Å². The minimum absolute atomic E-state index is 0.0153. The second kappa shape index (κ2) is 7.79. The fourth-order valence-corrected chi connectivity index (χ4v) is 3.79. The smallest absolute Gasteiger partial charge is 0.312 e. The molecule has 0 aliphatic carbocycles. The standard InChI is InChI=1S/C17H25N3O3S/c1-5-13-12(4)10-14(24-13)16(22)19-6-8-20(9-7-19)17(23)15(21)18-11(2)3/h10-11H,5-9H2,1-4H3,(H,18,21). The Morgan fingerprint density at radius 3 is 2.25 bits per heavy atom. The van der Waals surface area contributed by atoms with Gasteiger partial charge in [-0.25, -0.2) is 0 Å². The van der Waals surface area contributed by atoms with E-state index in [-0.39, 0.29) is 11.9 Å². The summed E-state index contributed by atoms with van der Waals surface area (Å²) in [6.07, 6.45) is 0.928. The van der Waals surface area contributed by atoms with Crippen molar-refractivity contribution in [3.8, 4) is 0 Å². The molecular weight excluding hydrogens is 326 g/mol. The molecule has 0 spiro atoms. The molecule has 1 aliphatic heterocycles. The predicted octanol–water partition coefficient (Wildman–Crippen LogP) is 1.43. The van der Waals surface area contributed by atoms with Crippen LogP contribution in [0.15, 0.2) is 6.07 Å². The molecule has 0 saturated carbocycles. The first-order valence-corrected chi connectivity index (χ1v) is 9.13. The van der Waals surface area contributed by atoms with Gasteiger partial charge in [-0.2, -0.15) is 0 Å². The van der Waals surface area contributed by atoms with Gasteiger partial charge in [0.1, 0.15) is 0 Å². The van der Waals surface area contributed by atoms with Crippen molar-refractivity contribution in [1.82, 2.24) is 15.1 Å². The number of aryl methyl sites for hydroxylation is 2. The number of carbonyl (C=O) groups excluding carboxylic acids is 3. The largest absolute Gasteiger partial charge is 0.346 e. The summed E-state index contributed by atoms with van der Waals surface area (Å²) in [6, 6.07) is 1.87. The Balaban J connectivity index is 1.93. The van der Waals surface area contributed by atoms with E-state index in [0.717, 1.165) is 16.9 Å². The molecule has 3 amide bonds. The average molecular weight is 351 g/mol. The van der Waals surface area contributed by atoms with E-state index in [4.69, 9.17) is 0 Å². The second-order valence-electron chi connectivity index (χ2n) is 6.28. The molecule has 24 heavy (non-hydrogen) atoms. The molecule has 1 aromatic heterocycles. The van der Waals surface area contributed by atoms with Crippen LogP contribution >= 0.6 is 11.3 Å². The summed E-state index contributed by atoms with van der Waals surface area (Å²) >= 11 is 1.54. The SMILES string of the molecule is CCc1sc(C(=O)N2CCN(C(=O)C(=O)NC(C)C)CC2)cc1C. The fourth-order valence-electron chi connectivity index (χ4n) is 2.71. The van der Waals surface area contributed by atoms with Crippen LogP contribution in [0.3, 0.4) is 0 Å². The number of hydrogen-bond acceptors (Lipinski definition) is 4. The lowest BCUT2D eigenvalue weighted by atomic mass is 10.2. The van der Waals surface area contributed by atoms with Gasteiger partial charge in [-0.05, 0) is 38.8 Å². The first kappa shape index (κ1) is 18.4. The van der Waals surface area contributed by atoms with Gasteiger partial charge >= 0.3 is 11.8 Å². The van der Waals surface area contributed by atoms with E-state index in [1.165, 1.54) is 9.78 Å². The first-order chi connectivity index (χ1) is 11.3. The maximum Gasteiger partial charge on any atom is 0.312 e. The molecule has 0 unspecified atom stereocenters. The van der Waals surface area contributed by atoms with Crippen LogP contribution in [-0.4, -0.2) is 59.7 Å². The van der Waals surface area contributed by atoms with Crippen LogP contribution in [0.1, 0.15) is 40.9 Å². The van der Waals surface area contributed by atoms with Crippen molar-refractivity contribution >= 4 is 29.1 Å². The normalized spacial score (nSPS) is 14.9. The molecule has 1 N–H and O–H groups in total. The molecule has 2 rings (SSSR count). The molecule has 6 nitrogen and oxygen atoms in total. The highest BCUT2D eigenvalue weighted by atomic mass is 32.1. The van der Waals surface area contributed by atoms with Crippen LogP contribution in [-0.2, 0) is 16.0 Å². The third-order valence-electron chi connectivity index (χ3n) is 4.02. The lowest BCUT2D eigenvalue weighted by molar-refractivity contribution is -0.147. The van der Waals surface area contributed by atoms with Crippen molar-refractivity contribution in [1.29, 1.82) is 0 Å². The Morgan fingerprint density at radius 1 is 1.17 bits per heavy atom. The summed E-state index contributed by atoms with van der Waals surface area (Å²) in [4.78, 5) is 41.7. The fraction of sp³-hybridized carbons (Fsp3) is 0.588. The molecule has 0 atom stereocenters. The molecule has 7 heteroatoms. The van der Waals surface area contributed by atoms with Crippen molar-refractivity contribution < 1.29 is 14.4 Å². The van der Waals surface area contributed by atoms with Gasteiger partial charge in [0.25, 0.3) is 5.91 Å². The average Bonchev–Trinajstić information content (AvgIpc) is 2.94. The predicted molar refractivity (Wildman–Crippen MR) is 94.2 cm³/mol. The van der Waals surface area contributed by atoms with Gasteiger partial charge in [0, 0.05) is 37.1 Å². The molecule has 1 aromatic rings. The number of carbonyl (C=O) groups is 3. The highest BCUT2D eigenvalue weighted by molar-refractivity contribution is 7.14. The first-order valence-electron chi connectivity index (χ1n) is 8.31. The van der Waals surface area contributed by atoms with Crippen LogP contribution in [0, 0.1) is 6.92 Å². The number of nitrogens with zero attached hydrogens (tertiary/aromatic N) is 2. The van der Waals surface area contributed by atoms with Crippen molar-refractivity contribution in [2.24, 2.45) is 0 Å². The Labute approximate surface area is 146 Å². The van der Waals surface area contributed by atoms with Crippen molar-refractivity contribution in [3.05, 3.63) is 21.4 Å². The van der Waals surface area contributed by atoms with Crippen LogP contribution in [0.25, 0.3) is 0 Å². The number of amides is 3. The molecule has 1 aliphatic rings. The summed E-state index contributed by atoms with van der Waals surface area (Å²) in [7, 11) is 0. The third kappa shape index (κ3) is 4.14. The topological polar surface area (TPSA) is 69.7 Å². The van der Waals surface area contributed by atoms with Gasteiger partial charge in [0.05, 0.1) is 4.88 Å². The van der Waals surface area contributed by atoms with Gasteiger partial charge in [-0.15, -0.1) is 11.3 Å². The molecule has 1 fully saturated rings. The summed E-state index contributed by atoms with van der Waals surface area (Å²) in [6.45, 7) is 9.43.